The maximum absolute atomic E-state index is 13.0. The second kappa shape index (κ2) is 11.2. The van der Waals surface area contributed by atoms with E-state index in [9.17, 15) is 13.2 Å². The first-order valence-electron chi connectivity index (χ1n) is 12.5. The molecular weight excluding hydrogens is 441 g/mol. The number of benzene rings is 1. The van der Waals surface area contributed by atoms with Crippen molar-refractivity contribution in [3.63, 3.8) is 0 Å². The quantitative estimate of drug-likeness (QED) is 0.573. The first-order chi connectivity index (χ1) is 16.3. The van der Waals surface area contributed by atoms with Crippen LogP contribution in [0.3, 0.4) is 0 Å². The third kappa shape index (κ3) is 6.58. The first-order valence-corrected chi connectivity index (χ1v) is 12.5. The van der Waals surface area contributed by atoms with Crippen LogP contribution < -0.4 is 5.32 Å². The van der Waals surface area contributed by atoms with E-state index in [1.807, 2.05) is 18.2 Å². The summed E-state index contributed by atoms with van der Waals surface area (Å²) in [5, 5.41) is 4.54. The lowest BCUT2D eigenvalue weighted by Gasteiger charge is -2.42. The number of alkyl halides is 3. The van der Waals surface area contributed by atoms with Crippen molar-refractivity contribution in [2.24, 2.45) is 5.92 Å². The Kier molecular flexibility index (Phi) is 8.26. The second-order valence-corrected chi connectivity index (χ2v) is 9.95. The number of aromatic nitrogens is 2. The van der Waals surface area contributed by atoms with Gasteiger partial charge in [0, 0.05) is 44.2 Å². The molecule has 0 unspecified atom stereocenters. The molecule has 1 N–H and O–H groups in total. The van der Waals surface area contributed by atoms with E-state index in [1.54, 1.807) is 0 Å². The average Bonchev–Trinajstić information content (AvgIpc) is 2.82. The van der Waals surface area contributed by atoms with Crippen LogP contribution in [0.2, 0.25) is 0 Å². The second-order valence-electron chi connectivity index (χ2n) is 9.95. The Labute approximate surface area is 200 Å². The van der Waals surface area contributed by atoms with E-state index < -0.39 is 12.1 Å². The molecule has 1 aromatic heterocycles. The molecule has 2 fully saturated rings. The third-order valence-electron chi connectivity index (χ3n) is 7.17. The Morgan fingerprint density at radius 3 is 2.38 bits per heavy atom. The van der Waals surface area contributed by atoms with Crippen molar-refractivity contribution in [2.45, 2.75) is 50.9 Å². The van der Waals surface area contributed by atoms with E-state index >= 15 is 0 Å². The van der Waals surface area contributed by atoms with Gasteiger partial charge in [-0.05, 0) is 64.9 Å². The van der Waals surface area contributed by atoms with Crippen LogP contribution in [0.25, 0.3) is 10.9 Å². The van der Waals surface area contributed by atoms with Crippen molar-refractivity contribution in [3.8, 4) is 0 Å². The van der Waals surface area contributed by atoms with Gasteiger partial charge >= 0.3 is 6.18 Å². The molecule has 2 heterocycles. The normalized spacial score (nSPS) is 23.0. The Balaban J connectivity index is 1.32. The standard InChI is InChI=1S/C25H37F3N6/c1-32(2)13-5-12-29-24-21-6-3-4-7-22(21)30-23(31-24)18-33-14-16-34(17-15-33)20-10-8-19(9-11-20)25(26,27)28/h3-4,6-7,19-20H,5,8-18H2,1-2H3,(H,29,30,31). The average molecular weight is 479 g/mol. The number of para-hydroxylation sites is 1. The van der Waals surface area contributed by atoms with Crippen LogP contribution >= 0.6 is 0 Å². The van der Waals surface area contributed by atoms with E-state index in [0.29, 0.717) is 19.4 Å². The van der Waals surface area contributed by atoms with Crippen molar-refractivity contribution < 1.29 is 13.2 Å². The van der Waals surface area contributed by atoms with Crippen molar-refractivity contribution >= 4 is 16.7 Å². The van der Waals surface area contributed by atoms with Crippen LogP contribution in [0, 0.1) is 5.92 Å². The minimum Gasteiger partial charge on any atom is -0.369 e. The highest BCUT2D eigenvalue weighted by Gasteiger charge is 2.42. The van der Waals surface area contributed by atoms with Gasteiger partial charge in [0.1, 0.15) is 11.6 Å². The van der Waals surface area contributed by atoms with E-state index in [4.69, 9.17) is 9.97 Å². The maximum Gasteiger partial charge on any atom is 0.391 e. The van der Waals surface area contributed by atoms with Crippen molar-refractivity contribution in [3.05, 3.63) is 30.1 Å². The van der Waals surface area contributed by atoms with Crippen LogP contribution in [-0.4, -0.2) is 90.2 Å². The van der Waals surface area contributed by atoms with Crippen LogP contribution in [0.4, 0.5) is 19.0 Å². The third-order valence-corrected chi connectivity index (χ3v) is 7.17. The molecule has 2 aliphatic rings. The lowest BCUT2D eigenvalue weighted by atomic mass is 9.84. The number of rotatable bonds is 8. The number of hydrogen-bond donors (Lipinski definition) is 1. The summed E-state index contributed by atoms with van der Waals surface area (Å²) in [7, 11) is 4.15. The van der Waals surface area contributed by atoms with Crippen LogP contribution in [0.5, 0.6) is 0 Å². The van der Waals surface area contributed by atoms with Crippen LogP contribution in [0.15, 0.2) is 24.3 Å². The van der Waals surface area contributed by atoms with Gasteiger partial charge in [-0.15, -0.1) is 0 Å². The first kappa shape index (κ1) is 25.1. The summed E-state index contributed by atoms with van der Waals surface area (Å²) < 4.78 is 38.9. The summed E-state index contributed by atoms with van der Waals surface area (Å²) in [6, 6.07) is 8.38. The molecular formula is C25H37F3N6. The van der Waals surface area contributed by atoms with Gasteiger partial charge in [-0.25, -0.2) is 9.97 Å². The van der Waals surface area contributed by atoms with Crippen molar-refractivity contribution in [1.82, 2.24) is 24.7 Å². The lowest BCUT2D eigenvalue weighted by Crippen LogP contribution is -2.51. The summed E-state index contributed by atoms with van der Waals surface area (Å²) in [6.07, 6.45) is -1.16. The summed E-state index contributed by atoms with van der Waals surface area (Å²) in [6.45, 7) is 6.13. The highest BCUT2D eigenvalue weighted by atomic mass is 19.4. The topological polar surface area (TPSA) is 47.5 Å². The van der Waals surface area contributed by atoms with E-state index in [-0.39, 0.29) is 18.9 Å². The van der Waals surface area contributed by atoms with Gasteiger partial charge in [-0.3, -0.25) is 9.80 Å². The fraction of sp³-hybridized carbons (Fsp3) is 0.680. The highest BCUT2D eigenvalue weighted by Crippen LogP contribution is 2.38. The highest BCUT2D eigenvalue weighted by molar-refractivity contribution is 5.88. The van der Waals surface area contributed by atoms with Gasteiger partial charge in [0.05, 0.1) is 18.0 Å². The Bertz CT molecular complexity index is 918. The number of nitrogens with one attached hydrogen (secondary N) is 1. The Morgan fingerprint density at radius 2 is 1.71 bits per heavy atom. The van der Waals surface area contributed by atoms with Gasteiger partial charge in [0.15, 0.2) is 0 Å². The zero-order chi connectivity index (χ0) is 24.1. The van der Waals surface area contributed by atoms with Gasteiger partial charge in [-0.2, -0.15) is 13.2 Å². The van der Waals surface area contributed by atoms with Gasteiger partial charge in [0.2, 0.25) is 0 Å². The molecule has 0 radical (unpaired) electrons. The molecule has 0 spiro atoms. The monoisotopic (exact) mass is 478 g/mol. The van der Waals surface area contributed by atoms with E-state index in [2.05, 4.69) is 40.2 Å². The molecule has 1 aromatic carbocycles. The Morgan fingerprint density at radius 1 is 1.00 bits per heavy atom. The van der Waals surface area contributed by atoms with Gasteiger partial charge < -0.3 is 10.2 Å². The molecule has 4 rings (SSSR count). The largest absolute Gasteiger partial charge is 0.391 e. The van der Waals surface area contributed by atoms with Crippen LogP contribution in [0.1, 0.15) is 37.9 Å². The van der Waals surface area contributed by atoms with Crippen molar-refractivity contribution in [2.75, 3.05) is 58.7 Å². The van der Waals surface area contributed by atoms with E-state index in [1.165, 1.54) is 0 Å². The molecule has 34 heavy (non-hydrogen) atoms. The minimum absolute atomic E-state index is 0.267. The summed E-state index contributed by atoms with van der Waals surface area (Å²) >= 11 is 0. The number of fused-ring (bicyclic) bond motifs is 1. The van der Waals surface area contributed by atoms with Gasteiger partial charge in [0.25, 0.3) is 0 Å². The number of piperazine rings is 1. The number of halogens is 3. The van der Waals surface area contributed by atoms with Crippen LogP contribution in [-0.2, 0) is 6.54 Å². The molecule has 188 valence electrons. The number of anilines is 1. The molecule has 1 saturated carbocycles. The molecule has 0 bridgehead atoms. The SMILES string of the molecule is CN(C)CCCNc1nc(CN2CCN(C3CCC(C(F)(F)F)CC3)CC2)nc2ccccc12. The fourth-order valence-corrected chi connectivity index (χ4v) is 5.19. The summed E-state index contributed by atoms with van der Waals surface area (Å²) in [4.78, 5) is 16.6. The predicted octanol–water partition coefficient (Wildman–Crippen LogP) is 4.23. The lowest BCUT2D eigenvalue weighted by molar-refractivity contribution is -0.184. The zero-order valence-corrected chi connectivity index (χ0v) is 20.3. The summed E-state index contributed by atoms with van der Waals surface area (Å²) in [5.41, 5.74) is 0.947. The summed E-state index contributed by atoms with van der Waals surface area (Å²) in [5.74, 6) is 0.591. The predicted molar refractivity (Wildman–Crippen MR) is 130 cm³/mol. The fourth-order valence-electron chi connectivity index (χ4n) is 5.19. The molecule has 9 heteroatoms. The number of hydrogen-bond acceptors (Lipinski definition) is 6. The maximum atomic E-state index is 13.0. The van der Waals surface area contributed by atoms with E-state index in [0.717, 1.165) is 68.2 Å². The smallest absolute Gasteiger partial charge is 0.369 e. The molecule has 6 nitrogen and oxygen atoms in total. The number of nitrogens with zero attached hydrogens (tertiary/aromatic N) is 5. The molecule has 1 aliphatic heterocycles. The molecule has 2 aromatic rings. The molecule has 0 atom stereocenters. The Hall–Kier alpha value is -1.97. The zero-order valence-electron chi connectivity index (χ0n) is 20.3. The minimum atomic E-state index is -4.04. The van der Waals surface area contributed by atoms with Crippen molar-refractivity contribution in [1.29, 1.82) is 0 Å². The molecule has 0 amide bonds. The van der Waals surface area contributed by atoms with Gasteiger partial charge in [-0.1, -0.05) is 12.1 Å². The molecule has 1 saturated heterocycles. The molecule has 1 aliphatic carbocycles.